The molecule has 0 spiro atoms. The van der Waals surface area contributed by atoms with Crippen LogP contribution >= 0.6 is 35.7 Å². The van der Waals surface area contributed by atoms with Gasteiger partial charge in [-0.3, -0.25) is 4.79 Å². The molecule has 5 nitrogen and oxygen atoms in total. The lowest BCUT2D eigenvalue weighted by atomic mass is 10.5. The number of aliphatic imine (C=N–C) groups is 1. The van der Waals surface area contributed by atoms with Crippen LogP contribution in [0.1, 0.15) is 0 Å². The van der Waals surface area contributed by atoms with Gasteiger partial charge in [0.15, 0.2) is 5.96 Å². The molecule has 1 amide bonds. The highest BCUT2D eigenvalue weighted by Crippen LogP contribution is 2.08. The van der Waals surface area contributed by atoms with Gasteiger partial charge in [0, 0.05) is 24.6 Å². The van der Waals surface area contributed by atoms with Crippen molar-refractivity contribution in [1.29, 1.82) is 0 Å². The van der Waals surface area contributed by atoms with Crippen LogP contribution in [0.3, 0.4) is 0 Å². The molecule has 96 valence electrons. The Morgan fingerprint density at radius 2 is 2.18 bits per heavy atom. The summed E-state index contributed by atoms with van der Waals surface area (Å²) in [4.78, 5) is 17.2. The van der Waals surface area contributed by atoms with Gasteiger partial charge < -0.3 is 16.0 Å². The molecule has 0 atom stereocenters. The van der Waals surface area contributed by atoms with Crippen LogP contribution in [0.5, 0.6) is 0 Å². The molecule has 1 aliphatic rings. The number of terminal acetylenes is 1. The first-order valence-electron chi connectivity index (χ1n) is 5.07. The van der Waals surface area contributed by atoms with E-state index < -0.39 is 0 Å². The molecule has 3 N–H and O–H groups in total. The van der Waals surface area contributed by atoms with Crippen molar-refractivity contribution in [2.75, 3.05) is 37.7 Å². The third-order valence-electron chi connectivity index (χ3n) is 2.11. The zero-order valence-corrected chi connectivity index (χ0v) is 12.7. The van der Waals surface area contributed by atoms with Crippen LogP contribution in [0.4, 0.5) is 0 Å². The van der Waals surface area contributed by atoms with Gasteiger partial charge in [0.05, 0.1) is 6.54 Å². The van der Waals surface area contributed by atoms with E-state index >= 15 is 0 Å². The zero-order chi connectivity index (χ0) is 11.8. The second-order valence-electron chi connectivity index (χ2n) is 3.25. The summed E-state index contributed by atoms with van der Waals surface area (Å²) in [7, 11) is 0. The number of nitrogens with zero attached hydrogens (tertiary/aromatic N) is 2. The molecular formula is C10H17IN4OS. The number of guanidine groups is 1. The van der Waals surface area contributed by atoms with E-state index in [2.05, 4.69) is 16.2 Å². The van der Waals surface area contributed by atoms with Crippen molar-refractivity contribution in [2.45, 2.75) is 0 Å². The van der Waals surface area contributed by atoms with E-state index in [0.29, 0.717) is 5.96 Å². The number of carbonyl (C=O) groups excluding carboxylic acids is 1. The number of thioether (sulfide) groups is 1. The van der Waals surface area contributed by atoms with Crippen LogP contribution in [0.2, 0.25) is 0 Å². The van der Waals surface area contributed by atoms with Crippen molar-refractivity contribution in [3.63, 3.8) is 0 Å². The fourth-order valence-electron chi connectivity index (χ4n) is 1.25. The van der Waals surface area contributed by atoms with Crippen molar-refractivity contribution in [1.82, 2.24) is 10.2 Å². The molecule has 7 heteroatoms. The second-order valence-corrected chi connectivity index (χ2v) is 4.48. The largest absolute Gasteiger partial charge is 0.370 e. The lowest BCUT2D eigenvalue weighted by Crippen LogP contribution is -2.43. The number of halogens is 1. The molecule has 0 aromatic carbocycles. The van der Waals surface area contributed by atoms with Gasteiger partial charge in [-0.05, 0) is 0 Å². The lowest BCUT2D eigenvalue weighted by molar-refractivity contribution is -0.119. The van der Waals surface area contributed by atoms with E-state index in [4.69, 9.17) is 12.2 Å². The Labute approximate surface area is 123 Å². The van der Waals surface area contributed by atoms with Gasteiger partial charge in [0.1, 0.15) is 6.54 Å². The molecular weight excluding hydrogens is 351 g/mol. The Kier molecular flexibility index (Phi) is 9.07. The number of hydrogen-bond donors (Lipinski definition) is 2. The highest BCUT2D eigenvalue weighted by Gasteiger charge is 2.12. The van der Waals surface area contributed by atoms with Crippen LogP contribution in [0, 0.1) is 12.3 Å². The molecule has 0 unspecified atom stereocenters. The smallest absolute Gasteiger partial charge is 0.242 e. The SMILES string of the molecule is C#CCNC(=O)CN=C(N)N1CCSCC1.I. The van der Waals surface area contributed by atoms with Crippen molar-refractivity contribution < 1.29 is 4.79 Å². The average Bonchev–Trinajstić information content (AvgIpc) is 2.34. The first-order valence-corrected chi connectivity index (χ1v) is 6.22. The molecule has 1 rings (SSSR count). The predicted octanol–water partition coefficient (Wildman–Crippen LogP) is -0.283. The van der Waals surface area contributed by atoms with E-state index in [-0.39, 0.29) is 43.0 Å². The molecule has 0 aromatic heterocycles. The number of carbonyl (C=O) groups is 1. The van der Waals surface area contributed by atoms with Gasteiger partial charge >= 0.3 is 0 Å². The normalized spacial score (nSPS) is 15.7. The quantitative estimate of drug-likeness (QED) is 0.311. The van der Waals surface area contributed by atoms with Crippen LogP contribution in [-0.4, -0.2) is 54.5 Å². The first-order chi connectivity index (χ1) is 7.74. The van der Waals surface area contributed by atoms with Gasteiger partial charge in [-0.2, -0.15) is 11.8 Å². The second kappa shape index (κ2) is 9.41. The van der Waals surface area contributed by atoms with E-state index in [9.17, 15) is 4.79 Å². The van der Waals surface area contributed by atoms with Crippen molar-refractivity contribution >= 4 is 47.6 Å². The maximum Gasteiger partial charge on any atom is 0.242 e. The maximum atomic E-state index is 11.2. The molecule has 1 saturated heterocycles. The van der Waals surface area contributed by atoms with Crippen molar-refractivity contribution in [3.05, 3.63) is 0 Å². The summed E-state index contributed by atoms with van der Waals surface area (Å²) in [5.41, 5.74) is 5.77. The zero-order valence-electron chi connectivity index (χ0n) is 9.52. The fourth-order valence-corrected chi connectivity index (χ4v) is 2.15. The summed E-state index contributed by atoms with van der Waals surface area (Å²) >= 11 is 1.90. The van der Waals surface area contributed by atoms with Gasteiger partial charge in [-0.25, -0.2) is 4.99 Å². The lowest BCUT2D eigenvalue weighted by Gasteiger charge is -2.27. The van der Waals surface area contributed by atoms with Gasteiger partial charge in [-0.1, -0.05) is 5.92 Å². The topological polar surface area (TPSA) is 70.7 Å². The molecule has 0 aliphatic carbocycles. The van der Waals surface area contributed by atoms with Gasteiger partial charge in [-0.15, -0.1) is 30.4 Å². The van der Waals surface area contributed by atoms with E-state index in [1.807, 2.05) is 16.7 Å². The molecule has 0 aromatic rings. The highest BCUT2D eigenvalue weighted by molar-refractivity contribution is 14.0. The summed E-state index contributed by atoms with van der Waals surface area (Å²) in [6.07, 6.45) is 5.01. The van der Waals surface area contributed by atoms with Crippen LogP contribution in [0.25, 0.3) is 0 Å². The monoisotopic (exact) mass is 368 g/mol. The first kappa shape index (κ1) is 16.4. The highest BCUT2D eigenvalue weighted by atomic mass is 127. The Hall–Kier alpha value is -0.620. The Morgan fingerprint density at radius 1 is 1.53 bits per heavy atom. The molecule has 0 saturated carbocycles. The minimum Gasteiger partial charge on any atom is -0.370 e. The summed E-state index contributed by atoms with van der Waals surface area (Å²) in [5.74, 6) is 4.67. The number of nitrogens with two attached hydrogens (primary N) is 1. The maximum absolute atomic E-state index is 11.2. The third kappa shape index (κ3) is 6.63. The fraction of sp³-hybridized carbons (Fsp3) is 0.600. The van der Waals surface area contributed by atoms with Gasteiger partial charge in [0.2, 0.25) is 5.91 Å². The van der Waals surface area contributed by atoms with E-state index in [1.54, 1.807) is 0 Å². The van der Waals surface area contributed by atoms with Crippen LogP contribution in [-0.2, 0) is 4.79 Å². The van der Waals surface area contributed by atoms with Gasteiger partial charge in [0.25, 0.3) is 0 Å². The molecule has 1 aliphatic heterocycles. The molecule has 1 heterocycles. The van der Waals surface area contributed by atoms with Crippen molar-refractivity contribution in [3.8, 4) is 12.3 Å². The number of amides is 1. The third-order valence-corrected chi connectivity index (χ3v) is 3.05. The van der Waals surface area contributed by atoms with E-state index in [0.717, 1.165) is 24.6 Å². The summed E-state index contributed by atoms with van der Waals surface area (Å²) < 4.78 is 0. The average molecular weight is 368 g/mol. The van der Waals surface area contributed by atoms with Crippen molar-refractivity contribution in [2.24, 2.45) is 10.7 Å². The Balaban J connectivity index is 0.00000256. The van der Waals surface area contributed by atoms with Crippen LogP contribution in [0.15, 0.2) is 4.99 Å². The standard InChI is InChI=1S/C10H16N4OS.HI/c1-2-3-12-9(15)8-13-10(11)14-4-6-16-7-5-14;/h1H,3-8H2,(H2,11,13)(H,12,15);1H. The summed E-state index contributed by atoms with van der Waals surface area (Å²) in [5, 5.41) is 2.53. The molecule has 0 bridgehead atoms. The Bertz CT molecular complexity index is 310. The predicted molar refractivity (Wildman–Crippen MR) is 82.6 cm³/mol. The molecule has 1 fully saturated rings. The van der Waals surface area contributed by atoms with E-state index in [1.165, 1.54) is 0 Å². The van der Waals surface area contributed by atoms with Crippen LogP contribution < -0.4 is 11.1 Å². The minimum atomic E-state index is -0.202. The summed E-state index contributed by atoms with van der Waals surface area (Å²) in [6, 6.07) is 0. The molecule has 17 heavy (non-hydrogen) atoms. The Morgan fingerprint density at radius 3 is 2.76 bits per heavy atom. The number of rotatable bonds is 3. The minimum absolute atomic E-state index is 0. The summed E-state index contributed by atoms with van der Waals surface area (Å²) in [6.45, 7) is 2.06. The molecule has 0 radical (unpaired) electrons. The number of nitrogens with one attached hydrogen (secondary N) is 1. The number of hydrogen-bond acceptors (Lipinski definition) is 3.